The third-order valence-corrected chi connectivity index (χ3v) is 6.76. The van der Waals surface area contributed by atoms with Crippen LogP contribution in [-0.4, -0.2) is 11.9 Å². The molecule has 0 amide bonds. The lowest BCUT2D eigenvalue weighted by molar-refractivity contribution is -0.161. The highest BCUT2D eigenvalue weighted by Gasteiger charge is 2.50. The highest BCUT2D eigenvalue weighted by molar-refractivity contribution is 5.74. The molecule has 1 aliphatic rings. The number of fused-ring (bicyclic) bond motifs is 2. The summed E-state index contributed by atoms with van der Waals surface area (Å²) in [5, 5.41) is 0. The number of carbonyl (C=O) groups excluding carboxylic acids is 2. The van der Waals surface area contributed by atoms with Gasteiger partial charge in [0.15, 0.2) is 11.2 Å². The van der Waals surface area contributed by atoms with Crippen molar-refractivity contribution in [1.29, 1.82) is 0 Å². The van der Waals surface area contributed by atoms with Crippen LogP contribution in [0.4, 0.5) is 0 Å². The van der Waals surface area contributed by atoms with Crippen molar-refractivity contribution in [1.82, 2.24) is 0 Å². The highest BCUT2D eigenvalue weighted by atomic mass is 16.6. The van der Waals surface area contributed by atoms with E-state index >= 15 is 0 Å². The Morgan fingerprint density at radius 1 is 0.697 bits per heavy atom. The maximum absolute atomic E-state index is 12.9. The molecule has 0 saturated heterocycles. The summed E-state index contributed by atoms with van der Waals surface area (Å²) in [5.74, 6) is -0.402. The van der Waals surface area contributed by atoms with Crippen LogP contribution in [0.5, 0.6) is 0 Å². The minimum atomic E-state index is -0.949. The Bertz CT molecular complexity index is 995. The highest BCUT2D eigenvalue weighted by Crippen LogP contribution is 2.51. The van der Waals surface area contributed by atoms with Crippen molar-refractivity contribution in [3.05, 3.63) is 70.3 Å². The second-order valence-corrected chi connectivity index (χ2v) is 9.52. The maximum Gasteiger partial charge on any atom is 0.307 e. The van der Waals surface area contributed by atoms with Gasteiger partial charge in [0.1, 0.15) is 0 Å². The second kappa shape index (κ2) is 10.5. The first-order chi connectivity index (χ1) is 15.8. The van der Waals surface area contributed by atoms with Crippen LogP contribution in [0.3, 0.4) is 0 Å². The normalized spacial score (nSPS) is 21.1. The lowest BCUT2D eigenvalue weighted by Gasteiger charge is -2.45. The molecule has 4 heteroatoms. The van der Waals surface area contributed by atoms with E-state index < -0.39 is 11.2 Å². The number of aryl methyl sites for hydroxylation is 1. The molecule has 0 fully saturated rings. The third-order valence-electron chi connectivity index (χ3n) is 6.76. The third kappa shape index (κ3) is 5.15. The van der Waals surface area contributed by atoms with Gasteiger partial charge in [-0.05, 0) is 33.6 Å². The molecule has 0 aliphatic heterocycles. The molecule has 1 aliphatic carbocycles. The molecule has 4 nitrogen and oxygen atoms in total. The molecule has 2 aromatic rings. The number of hydrogen-bond donors (Lipinski definition) is 0. The van der Waals surface area contributed by atoms with Crippen molar-refractivity contribution in [2.24, 2.45) is 0 Å². The van der Waals surface area contributed by atoms with Gasteiger partial charge >= 0.3 is 11.9 Å². The van der Waals surface area contributed by atoms with Gasteiger partial charge in [-0.1, -0.05) is 87.6 Å². The van der Waals surface area contributed by atoms with Crippen molar-refractivity contribution in [2.75, 3.05) is 0 Å². The first-order valence-electron chi connectivity index (χ1n) is 12.4. The van der Waals surface area contributed by atoms with E-state index in [4.69, 9.17) is 9.47 Å². The monoisotopic (exact) mass is 450 g/mol. The number of esters is 2. The number of ether oxygens (including phenoxy) is 2. The quantitative estimate of drug-likeness (QED) is 0.287. The molecule has 0 bridgehead atoms. The Kier molecular flexibility index (Phi) is 7.99. The van der Waals surface area contributed by atoms with Crippen molar-refractivity contribution in [3.63, 3.8) is 0 Å². The average molecular weight is 451 g/mol. The van der Waals surface area contributed by atoms with Gasteiger partial charge in [-0.3, -0.25) is 9.59 Å². The van der Waals surface area contributed by atoms with E-state index in [0.29, 0.717) is 12.8 Å². The number of rotatable bonds is 10. The first kappa shape index (κ1) is 25.0. The van der Waals surface area contributed by atoms with Gasteiger partial charge in [-0.2, -0.15) is 0 Å². The van der Waals surface area contributed by atoms with Gasteiger partial charge in [0.25, 0.3) is 0 Å². The number of benzene rings is 2. The van der Waals surface area contributed by atoms with Gasteiger partial charge in [-0.15, -0.1) is 0 Å². The van der Waals surface area contributed by atoms with Crippen molar-refractivity contribution in [3.8, 4) is 0 Å². The van der Waals surface area contributed by atoms with Crippen LogP contribution in [0, 0.1) is 6.92 Å². The molecular weight excluding hydrogens is 412 g/mol. The predicted molar refractivity (Wildman–Crippen MR) is 131 cm³/mol. The average Bonchev–Trinajstić information content (AvgIpc) is 2.78. The number of hydrogen-bond acceptors (Lipinski definition) is 4. The number of carbonyl (C=O) groups is 2. The van der Waals surface area contributed by atoms with Crippen molar-refractivity contribution < 1.29 is 19.1 Å². The summed E-state index contributed by atoms with van der Waals surface area (Å²) < 4.78 is 12.4. The Labute approximate surface area is 198 Å². The maximum atomic E-state index is 12.9. The van der Waals surface area contributed by atoms with Gasteiger partial charge in [0.05, 0.1) is 0 Å². The molecule has 2 aromatic carbocycles. The Morgan fingerprint density at radius 2 is 1.15 bits per heavy atom. The van der Waals surface area contributed by atoms with E-state index in [1.807, 2.05) is 57.2 Å². The molecule has 2 atom stereocenters. The standard InChI is InChI=1S/C29H38O4/c1-6-8-10-16-26(30)32-28(4)22-14-12-13-15-23(22)29(5,33-27(31)17-11-9-7-2)25-20-21(3)18-19-24(25)28/h12-15,18-20H,6-11,16-17H2,1-5H3. The SMILES string of the molecule is CCCCCC(=O)OC1(C)c2ccccc2C(C)(OC(=O)CCCCC)c2cc(C)ccc21. The van der Waals surface area contributed by atoms with Crippen LogP contribution in [0.15, 0.2) is 42.5 Å². The van der Waals surface area contributed by atoms with Crippen LogP contribution in [0.25, 0.3) is 0 Å². The van der Waals surface area contributed by atoms with Gasteiger partial charge < -0.3 is 9.47 Å². The Morgan fingerprint density at radius 3 is 1.64 bits per heavy atom. The summed E-state index contributed by atoms with van der Waals surface area (Å²) in [6.07, 6.45) is 6.55. The van der Waals surface area contributed by atoms with Gasteiger partial charge in [0.2, 0.25) is 0 Å². The molecule has 0 radical (unpaired) electrons. The van der Waals surface area contributed by atoms with Crippen molar-refractivity contribution in [2.45, 2.75) is 97.2 Å². The summed E-state index contributed by atoms with van der Waals surface area (Å²) in [7, 11) is 0. The topological polar surface area (TPSA) is 52.6 Å². The van der Waals surface area contributed by atoms with Crippen LogP contribution >= 0.6 is 0 Å². The molecule has 3 rings (SSSR count). The molecule has 178 valence electrons. The molecule has 0 N–H and O–H groups in total. The van der Waals surface area contributed by atoms with Crippen molar-refractivity contribution >= 4 is 11.9 Å². The molecule has 0 aromatic heterocycles. The Hall–Kier alpha value is -2.62. The van der Waals surface area contributed by atoms with Gasteiger partial charge in [0, 0.05) is 35.1 Å². The zero-order valence-corrected chi connectivity index (χ0v) is 20.8. The lowest BCUT2D eigenvalue weighted by atomic mass is 9.68. The first-order valence-corrected chi connectivity index (χ1v) is 12.4. The number of unbranched alkanes of at least 4 members (excludes halogenated alkanes) is 4. The van der Waals surface area contributed by atoms with Crippen LogP contribution in [0.1, 0.15) is 107 Å². The van der Waals surface area contributed by atoms with E-state index in [-0.39, 0.29) is 11.9 Å². The summed E-state index contributed by atoms with van der Waals surface area (Å²) in [5.41, 5.74) is 2.67. The summed E-state index contributed by atoms with van der Waals surface area (Å²) in [4.78, 5) is 25.7. The van der Waals surface area contributed by atoms with E-state index in [1.54, 1.807) is 0 Å². The molecule has 0 heterocycles. The Balaban J connectivity index is 2.06. The minimum absolute atomic E-state index is 0.201. The fourth-order valence-corrected chi connectivity index (χ4v) is 4.89. The molecule has 2 unspecified atom stereocenters. The fraction of sp³-hybridized carbons (Fsp3) is 0.517. The molecule has 0 saturated carbocycles. The fourth-order valence-electron chi connectivity index (χ4n) is 4.89. The smallest absolute Gasteiger partial charge is 0.307 e. The van der Waals surface area contributed by atoms with Crippen LogP contribution in [0.2, 0.25) is 0 Å². The molecule has 33 heavy (non-hydrogen) atoms. The summed E-state index contributed by atoms with van der Waals surface area (Å²) in [6, 6.07) is 14.0. The predicted octanol–water partition coefficient (Wildman–Crippen LogP) is 7.08. The minimum Gasteiger partial charge on any atom is -0.449 e. The zero-order chi connectivity index (χ0) is 24.1. The second-order valence-electron chi connectivity index (χ2n) is 9.52. The van der Waals surface area contributed by atoms with Crippen LogP contribution in [-0.2, 0) is 30.3 Å². The van der Waals surface area contributed by atoms with E-state index in [2.05, 4.69) is 19.9 Å². The molecular formula is C29H38O4. The van der Waals surface area contributed by atoms with Crippen LogP contribution < -0.4 is 0 Å². The molecule has 0 spiro atoms. The lowest BCUT2D eigenvalue weighted by Crippen LogP contribution is -2.44. The van der Waals surface area contributed by atoms with E-state index in [0.717, 1.165) is 66.3 Å². The van der Waals surface area contributed by atoms with E-state index in [9.17, 15) is 9.59 Å². The van der Waals surface area contributed by atoms with E-state index in [1.165, 1.54) is 0 Å². The zero-order valence-electron chi connectivity index (χ0n) is 20.8. The van der Waals surface area contributed by atoms with Gasteiger partial charge in [-0.25, -0.2) is 0 Å². The summed E-state index contributed by atoms with van der Waals surface area (Å²) >= 11 is 0. The largest absolute Gasteiger partial charge is 0.449 e. The summed E-state index contributed by atoms with van der Waals surface area (Å²) in [6.45, 7) is 10.2.